The predicted octanol–water partition coefficient (Wildman–Crippen LogP) is 2.03. The van der Waals surface area contributed by atoms with Gasteiger partial charge in [-0.1, -0.05) is 0 Å². The Bertz CT molecular complexity index is 623. The van der Waals surface area contributed by atoms with Crippen LogP contribution < -0.4 is 16.0 Å². The molecule has 0 atom stereocenters. The summed E-state index contributed by atoms with van der Waals surface area (Å²) in [7, 11) is 3.58. The highest BCUT2D eigenvalue weighted by Gasteiger charge is 2.11. The molecule has 1 aromatic carbocycles. The molecule has 1 heterocycles. The van der Waals surface area contributed by atoms with E-state index >= 15 is 0 Å². The van der Waals surface area contributed by atoms with Crippen molar-refractivity contribution in [1.82, 2.24) is 10.3 Å². The summed E-state index contributed by atoms with van der Waals surface area (Å²) in [4.78, 5) is 19.1. The van der Waals surface area contributed by atoms with Gasteiger partial charge in [0, 0.05) is 24.5 Å². The highest BCUT2D eigenvalue weighted by molar-refractivity contribution is 7.09. The number of nitrogens with two attached hydrogens (primary N) is 1. The van der Waals surface area contributed by atoms with E-state index in [1.165, 1.54) is 4.88 Å². The van der Waals surface area contributed by atoms with Crippen molar-refractivity contribution in [3.05, 3.63) is 39.8 Å². The van der Waals surface area contributed by atoms with Crippen LogP contribution in [-0.2, 0) is 6.54 Å². The molecule has 5 nitrogen and oxygen atoms in total. The number of aryl methyl sites for hydroxylation is 1. The van der Waals surface area contributed by atoms with Gasteiger partial charge in [-0.2, -0.15) is 0 Å². The standard InChI is InChI=1S/C14H18N4OS/c1-9-13(20-8-17-9)7-18(3)12-5-4-10(6-11(12)15)14(19)16-2/h4-6,8H,7,15H2,1-3H3,(H,16,19). The fourth-order valence-electron chi connectivity index (χ4n) is 1.97. The Morgan fingerprint density at radius 1 is 1.50 bits per heavy atom. The number of hydrogen-bond acceptors (Lipinski definition) is 5. The molecule has 20 heavy (non-hydrogen) atoms. The number of amides is 1. The molecule has 1 aromatic heterocycles. The van der Waals surface area contributed by atoms with Gasteiger partial charge in [-0.3, -0.25) is 4.79 Å². The van der Waals surface area contributed by atoms with Crippen LogP contribution in [0.3, 0.4) is 0 Å². The maximum absolute atomic E-state index is 11.6. The van der Waals surface area contributed by atoms with Gasteiger partial charge in [0.25, 0.3) is 5.91 Å². The molecule has 1 amide bonds. The number of benzene rings is 1. The Morgan fingerprint density at radius 2 is 2.25 bits per heavy atom. The first kappa shape index (κ1) is 14.3. The summed E-state index contributed by atoms with van der Waals surface area (Å²) in [5.41, 5.74) is 11.0. The normalized spacial score (nSPS) is 10.3. The summed E-state index contributed by atoms with van der Waals surface area (Å²) in [5.74, 6) is -0.135. The molecule has 3 N–H and O–H groups in total. The molecule has 0 radical (unpaired) electrons. The SMILES string of the molecule is CNC(=O)c1ccc(N(C)Cc2scnc2C)c(N)c1. The summed E-state index contributed by atoms with van der Waals surface area (Å²) in [6, 6.07) is 5.35. The van der Waals surface area contributed by atoms with Crippen LogP contribution in [0.4, 0.5) is 11.4 Å². The van der Waals surface area contributed by atoms with Crippen LogP contribution in [0.15, 0.2) is 23.7 Å². The van der Waals surface area contributed by atoms with Crippen molar-refractivity contribution in [3.63, 3.8) is 0 Å². The molecule has 0 saturated carbocycles. The number of rotatable bonds is 4. The minimum atomic E-state index is -0.135. The lowest BCUT2D eigenvalue weighted by atomic mass is 10.1. The van der Waals surface area contributed by atoms with Gasteiger partial charge in [-0.25, -0.2) is 4.98 Å². The summed E-state index contributed by atoms with van der Waals surface area (Å²) in [6.45, 7) is 2.75. The zero-order chi connectivity index (χ0) is 14.7. The van der Waals surface area contributed by atoms with Crippen molar-refractivity contribution >= 4 is 28.6 Å². The molecule has 2 aromatic rings. The highest BCUT2D eigenvalue weighted by atomic mass is 32.1. The number of thiazole rings is 1. The van der Waals surface area contributed by atoms with Crippen molar-refractivity contribution in [2.45, 2.75) is 13.5 Å². The number of nitrogen functional groups attached to an aromatic ring is 1. The van der Waals surface area contributed by atoms with Crippen molar-refractivity contribution in [2.75, 3.05) is 24.7 Å². The van der Waals surface area contributed by atoms with Crippen molar-refractivity contribution in [1.29, 1.82) is 0 Å². The second-order valence-electron chi connectivity index (χ2n) is 4.57. The molecule has 0 spiro atoms. The van der Waals surface area contributed by atoms with E-state index in [-0.39, 0.29) is 5.91 Å². The van der Waals surface area contributed by atoms with Gasteiger partial charge in [0.05, 0.1) is 29.1 Å². The lowest BCUT2D eigenvalue weighted by Gasteiger charge is -2.21. The molecule has 2 rings (SSSR count). The lowest BCUT2D eigenvalue weighted by molar-refractivity contribution is 0.0963. The smallest absolute Gasteiger partial charge is 0.251 e. The maximum atomic E-state index is 11.6. The van der Waals surface area contributed by atoms with E-state index in [4.69, 9.17) is 5.73 Å². The first-order valence-corrected chi connectivity index (χ1v) is 7.12. The first-order valence-electron chi connectivity index (χ1n) is 6.24. The van der Waals surface area contributed by atoms with Gasteiger partial charge in [0.1, 0.15) is 0 Å². The number of aromatic nitrogens is 1. The number of nitrogens with one attached hydrogen (secondary N) is 1. The zero-order valence-corrected chi connectivity index (χ0v) is 12.6. The quantitative estimate of drug-likeness (QED) is 0.845. The van der Waals surface area contributed by atoms with E-state index in [0.29, 0.717) is 11.3 Å². The van der Waals surface area contributed by atoms with Crippen LogP contribution in [0, 0.1) is 6.92 Å². The number of carbonyl (C=O) groups is 1. The molecular formula is C14H18N4OS. The molecule has 0 aliphatic carbocycles. The van der Waals surface area contributed by atoms with Crippen molar-refractivity contribution in [3.8, 4) is 0 Å². The Morgan fingerprint density at radius 3 is 2.80 bits per heavy atom. The van der Waals surface area contributed by atoms with Crippen LogP contribution in [0.5, 0.6) is 0 Å². The van der Waals surface area contributed by atoms with Crippen LogP contribution in [0.25, 0.3) is 0 Å². The molecule has 0 fully saturated rings. The second kappa shape index (κ2) is 5.92. The van der Waals surface area contributed by atoms with Crippen LogP contribution in [0.2, 0.25) is 0 Å². The largest absolute Gasteiger partial charge is 0.397 e. The van der Waals surface area contributed by atoms with Gasteiger partial charge < -0.3 is 16.0 Å². The Labute approximate surface area is 122 Å². The maximum Gasteiger partial charge on any atom is 0.251 e. The van der Waals surface area contributed by atoms with E-state index in [0.717, 1.165) is 17.9 Å². The Hall–Kier alpha value is -2.08. The zero-order valence-electron chi connectivity index (χ0n) is 11.8. The van der Waals surface area contributed by atoms with Crippen molar-refractivity contribution in [2.24, 2.45) is 0 Å². The van der Waals surface area contributed by atoms with Gasteiger partial charge in [-0.05, 0) is 25.1 Å². The van der Waals surface area contributed by atoms with Gasteiger partial charge in [0.2, 0.25) is 0 Å². The van der Waals surface area contributed by atoms with Crippen LogP contribution in [0.1, 0.15) is 20.9 Å². The molecule has 0 saturated heterocycles. The van der Waals surface area contributed by atoms with E-state index in [2.05, 4.69) is 15.2 Å². The Kier molecular flexibility index (Phi) is 4.24. The predicted molar refractivity (Wildman–Crippen MR) is 83.2 cm³/mol. The van der Waals surface area contributed by atoms with E-state index in [9.17, 15) is 4.79 Å². The number of hydrogen-bond donors (Lipinski definition) is 2. The third kappa shape index (κ3) is 2.91. The molecule has 6 heteroatoms. The average molecular weight is 290 g/mol. The van der Waals surface area contributed by atoms with Gasteiger partial charge in [0.15, 0.2) is 0 Å². The summed E-state index contributed by atoms with van der Waals surface area (Å²) in [6.07, 6.45) is 0. The minimum Gasteiger partial charge on any atom is -0.397 e. The van der Waals surface area contributed by atoms with E-state index in [1.807, 2.05) is 25.5 Å². The second-order valence-corrected chi connectivity index (χ2v) is 5.51. The molecule has 106 valence electrons. The lowest BCUT2D eigenvalue weighted by Crippen LogP contribution is -2.20. The minimum absolute atomic E-state index is 0.135. The monoisotopic (exact) mass is 290 g/mol. The van der Waals surface area contributed by atoms with E-state index < -0.39 is 0 Å². The third-order valence-corrected chi connectivity index (χ3v) is 4.07. The first-order chi connectivity index (χ1) is 9.52. The average Bonchev–Trinajstić information content (AvgIpc) is 2.83. The topological polar surface area (TPSA) is 71.2 Å². The van der Waals surface area contributed by atoms with Gasteiger partial charge in [-0.15, -0.1) is 11.3 Å². The summed E-state index contributed by atoms with van der Waals surface area (Å²) >= 11 is 1.63. The molecule has 0 bridgehead atoms. The fraction of sp³-hybridized carbons (Fsp3) is 0.286. The molecular weight excluding hydrogens is 272 g/mol. The molecule has 0 aliphatic heterocycles. The molecule has 0 unspecified atom stereocenters. The summed E-state index contributed by atoms with van der Waals surface area (Å²) in [5, 5.41) is 2.59. The number of carbonyl (C=O) groups excluding carboxylic acids is 1. The van der Waals surface area contributed by atoms with Crippen molar-refractivity contribution < 1.29 is 4.79 Å². The molecule has 0 aliphatic rings. The van der Waals surface area contributed by atoms with Gasteiger partial charge >= 0.3 is 0 Å². The summed E-state index contributed by atoms with van der Waals surface area (Å²) < 4.78 is 0. The van der Waals surface area contributed by atoms with Crippen LogP contribution >= 0.6 is 11.3 Å². The fourth-order valence-corrected chi connectivity index (χ4v) is 2.80. The highest BCUT2D eigenvalue weighted by Crippen LogP contribution is 2.26. The van der Waals surface area contributed by atoms with Crippen LogP contribution in [-0.4, -0.2) is 25.0 Å². The number of nitrogens with zero attached hydrogens (tertiary/aromatic N) is 2. The Balaban J connectivity index is 2.20. The van der Waals surface area contributed by atoms with E-state index in [1.54, 1.807) is 30.5 Å². The third-order valence-electron chi connectivity index (χ3n) is 3.15. The number of anilines is 2.